The first-order valence-corrected chi connectivity index (χ1v) is 14.7. The molecule has 242 valence electrons. The van der Waals surface area contributed by atoms with Crippen LogP contribution in [0, 0.1) is 5.82 Å². The first-order chi connectivity index (χ1) is 21.0. The van der Waals surface area contributed by atoms with E-state index < -0.39 is 35.8 Å². The fourth-order valence-corrected chi connectivity index (χ4v) is 4.66. The second-order valence-corrected chi connectivity index (χ2v) is 12.9. The average molecular weight is 624 g/mol. The Labute approximate surface area is 265 Å². The minimum Gasteiger partial charge on any atom is -0.497 e. The number of pyridine rings is 1. The maximum absolute atomic E-state index is 15.0. The molecule has 0 unspecified atom stereocenters. The molecule has 1 saturated heterocycles. The monoisotopic (exact) mass is 623 g/mol. The number of hydrogen-bond acceptors (Lipinski definition) is 9. The van der Waals surface area contributed by atoms with Crippen LogP contribution in [0.15, 0.2) is 48.5 Å². The first kappa shape index (κ1) is 34.0. The third-order valence-electron chi connectivity index (χ3n) is 7.72. The number of carbonyl (C=O) groups excluding carboxylic acids is 1. The van der Waals surface area contributed by atoms with Crippen molar-refractivity contribution >= 4 is 30.2 Å². The molecule has 1 fully saturated rings. The summed E-state index contributed by atoms with van der Waals surface area (Å²) in [5.74, 6) is 0.789. The van der Waals surface area contributed by atoms with E-state index in [1.54, 1.807) is 46.1 Å². The fraction of sp³-hybridized carbons (Fsp3) is 0.455. The molecule has 1 aliphatic heterocycles. The van der Waals surface area contributed by atoms with Gasteiger partial charge in [-0.2, -0.15) is 0 Å². The molecule has 12 heteroatoms. The van der Waals surface area contributed by atoms with Gasteiger partial charge in [0, 0.05) is 5.46 Å². The summed E-state index contributed by atoms with van der Waals surface area (Å²) in [7, 11) is 2.41. The lowest BCUT2D eigenvalue weighted by molar-refractivity contribution is 0.00578. The predicted octanol–water partition coefficient (Wildman–Crippen LogP) is 5.78. The van der Waals surface area contributed by atoms with Crippen molar-refractivity contribution in [2.45, 2.75) is 85.0 Å². The van der Waals surface area contributed by atoms with Gasteiger partial charge in [-0.05, 0) is 89.9 Å². The van der Waals surface area contributed by atoms with Crippen LogP contribution in [-0.4, -0.2) is 49.2 Å². The Kier molecular flexibility index (Phi) is 10.0. The van der Waals surface area contributed by atoms with Gasteiger partial charge in [-0.25, -0.2) is 14.2 Å². The Bertz CT molecular complexity index is 1490. The maximum atomic E-state index is 15.0. The number of hydrogen-bond donors (Lipinski definition) is 1. The van der Waals surface area contributed by atoms with E-state index in [1.807, 2.05) is 45.9 Å². The van der Waals surface area contributed by atoms with Gasteiger partial charge >= 0.3 is 13.2 Å². The van der Waals surface area contributed by atoms with E-state index in [9.17, 15) is 9.18 Å². The SMILES string of the molecule is COc1ccc(CN(C(=O)OC(C)(C)C)c2ccc(F)c(COCc3cc(N)c(OC)c(B4OC(C)(C)C(C)(C)O4)c3)n2)cc1. The third kappa shape index (κ3) is 8.05. The summed E-state index contributed by atoms with van der Waals surface area (Å²) >= 11 is 0. The van der Waals surface area contributed by atoms with Crippen LogP contribution in [0.2, 0.25) is 0 Å². The van der Waals surface area contributed by atoms with E-state index in [1.165, 1.54) is 24.1 Å². The number of methoxy groups -OCH3 is 2. The van der Waals surface area contributed by atoms with Crippen molar-refractivity contribution in [1.29, 1.82) is 0 Å². The molecule has 0 saturated carbocycles. The van der Waals surface area contributed by atoms with Crippen molar-refractivity contribution in [3.8, 4) is 11.5 Å². The van der Waals surface area contributed by atoms with E-state index in [4.69, 9.17) is 34.0 Å². The molecule has 0 spiro atoms. The van der Waals surface area contributed by atoms with Crippen LogP contribution >= 0.6 is 0 Å². The molecule has 1 amide bonds. The lowest BCUT2D eigenvalue weighted by Crippen LogP contribution is -2.41. The molecule has 4 rings (SSSR count). The van der Waals surface area contributed by atoms with Crippen LogP contribution < -0.4 is 25.6 Å². The number of nitrogen functional groups attached to an aromatic ring is 1. The number of rotatable bonds is 10. The quantitative estimate of drug-likeness (QED) is 0.222. The summed E-state index contributed by atoms with van der Waals surface area (Å²) in [4.78, 5) is 19.1. The van der Waals surface area contributed by atoms with E-state index in [-0.39, 0.29) is 31.3 Å². The minimum atomic E-state index is -0.750. The number of anilines is 2. The summed E-state index contributed by atoms with van der Waals surface area (Å²) in [6.45, 7) is 13.3. The van der Waals surface area contributed by atoms with Crippen LogP contribution in [0.25, 0.3) is 0 Å². The molecule has 45 heavy (non-hydrogen) atoms. The van der Waals surface area contributed by atoms with Crippen molar-refractivity contribution in [1.82, 2.24) is 4.98 Å². The van der Waals surface area contributed by atoms with Gasteiger partial charge in [-0.15, -0.1) is 0 Å². The van der Waals surface area contributed by atoms with Crippen molar-refractivity contribution in [3.63, 3.8) is 0 Å². The smallest absolute Gasteiger partial charge is 0.497 e. The standard InChI is InChI=1S/C33H43BFN3O7/c1-31(2,3)43-30(39)38(18-21-10-12-23(40-8)13-11-21)28-15-14-25(35)27(37-28)20-42-19-22-16-24(29(41-9)26(36)17-22)34-44-32(4,5)33(6,7)45-34/h10-17H,18-20,36H2,1-9H3. The number of halogens is 1. The lowest BCUT2D eigenvalue weighted by atomic mass is 9.77. The van der Waals surface area contributed by atoms with Gasteiger partial charge in [0.05, 0.1) is 50.9 Å². The number of nitrogens with two attached hydrogens (primary N) is 1. The molecular formula is C33H43BFN3O7. The van der Waals surface area contributed by atoms with Gasteiger partial charge in [0.25, 0.3) is 0 Å². The van der Waals surface area contributed by atoms with Crippen LogP contribution in [0.4, 0.5) is 20.7 Å². The molecule has 3 aromatic rings. The number of carbonyl (C=O) groups is 1. The largest absolute Gasteiger partial charge is 0.498 e. The lowest BCUT2D eigenvalue weighted by Gasteiger charge is -2.32. The summed E-state index contributed by atoms with van der Waals surface area (Å²) < 4.78 is 49.8. The molecule has 2 N–H and O–H groups in total. The zero-order chi connectivity index (χ0) is 33.2. The highest BCUT2D eigenvalue weighted by molar-refractivity contribution is 6.63. The molecule has 0 radical (unpaired) electrons. The molecule has 1 aromatic heterocycles. The number of nitrogens with zero attached hydrogens (tertiary/aromatic N) is 2. The van der Waals surface area contributed by atoms with Gasteiger partial charge < -0.3 is 34.0 Å². The molecule has 0 bridgehead atoms. The van der Waals surface area contributed by atoms with Crippen molar-refractivity contribution in [3.05, 3.63) is 71.2 Å². The van der Waals surface area contributed by atoms with Crippen LogP contribution in [0.3, 0.4) is 0 Å². The molecule has 10 nitrogen and oxygen atoms in total. The van der Waals surface area contributed by atoms with Gasteiger partial charge in [0.2, 0.25) is 0 Å². The first-order valence-electron chi connectivity index (χ1n) is 14.7. The van der Waals surface area contributed by atoms with Crippen molar-refractivity contribution in [2.24, 2.45) is 0 Å². The highest BCUT2D eigenvalue weighted by Crippen LogP contribution is 2.38. The zero-order valence-corrected chi connectivity index (χ0v) is 27.5. The normalized spacial score (nSPS) is 15.6. The Hall–Kier alpha value is -3.87. The Morgan fingerprint density at radius 3 is 2.18 bits per heavy atom. The Morgan fingerprint density at radius 2 is 1.60 bits per heavy atom. The van der Waals surface area contributed by atoms with E-state index in [0.717, 1.165) is 5.56 Å². The summed E-state index contributed by atoms with van der Waals surface area (Å²) in [5.41, 5.74) is 7.03. The molecule has 2 heterocycles. The number of benzene rings is 2. The zero-order valence-electron chi connectivity index (χ0n) is 27.5. The van der Waals surface area contributed by atoms with E-state index in [2.05, 4.69) is 4.98 Å². The maximum Gasteiger partial charge on any atom is 0.498 e. The Morgan fingerprint density at radius 1 is 0.956 bits per heavy atom. The van der Waals surface area contributed by atoms with Crippen LogP contribution in [-0.2, 0) is 38.5 Å². The van der Waals surface area contributed by atoms with Crippen LogP contribution in [0.5, 0.6) is 11.5 Å². The number of ether oxygens (including phenoxy) is 4. The number of amides is 1. The number of aromatic nitrogens is 1. The fourth-order valence-electron chi connectivity index (χ4n) is 4.66. The topological polar surface area (TPSA) is 115 Å². The molecule has 1 aliphatic rings. The van der Waals surface area contributed by atoms with E-state index in [0.29, 0.717) is 28.2 Å². The van der Waals surface area contributed by atoms with Gasteiger partial charge in [0.1, 0.15) is 34.4 Å². The van der Waals surface area contributed by atoms with Gasteiger partial charge in [0.15, 0.2) is 0 Å². The van der Waals surface area contributed by atoms with Crippen molar-refractivity contribution in [2.75, 3.05) is 24.9 Å². The average Bonchev–Trinajstić information content (AvgIpc) is 3.18. The Balaban J connectivity index is 1.54. The minimum absolute atomic E-state index is 0.0310. The highest BCUT2D eigenvalue weighted by atomic mass is 19.1. The van der Waals surface area contributed by atoms with Crippen LogP contribution in [0.1, 0.15) is 65.3 Å². The summed E-state index contributed by atoms with van der Waals surface area (Å²) in [6, 6.07) is 13.5. The van der Waals surface area contributed by atoms with Crippen molar-refractivity contribution < 1.29 is 37.4 Å². The highest BCUT2D eigenvalue weighted by Gasteiger charge is 2.52. The van der Waals surface area contributed by atoms with Gasteiger partial charge in [-0.1, -0.05) is 18.2 Å². The molecule has 2 aromatic carbocycles. The third-order valence-corrected chi connectivity index (χ3v) is 7.72. The summed E-state index contributed by atoms with van der Waals surface area (Å²) in [6.07, 6.45) is -0.617. The molecular weight excluding hydrogens is 580 g/mol. The second kappa shape index (κ2) is 13.2. The summed E-state index contributed by atoms with van der Waals surface area (Å²) in [5, 5.41) is 0. The van der Waals surface area contributed by atoms with E-state index >= 15 is 0 Å². The molecule has 0 aliphatic carbocycles. The molecule has 0 atom stereocenters. The second-order valence-electron chi connectivity index (χ2n) is 12.9. The van der Waals surface area contributed by atoms with Gasteiger partial charge in [-0.3, -0.25) is 4.90 Å². The predicted molar refractivity (Wildman–Crippen MR) is 171 cm³/mol.